The zero-order chi connectivity index (χ0) is 19.4. The first-order valence-electron chi connectivity index (χ1n) is 9.03. The molecular formula is C22H24N4O. The van der Waals surface area contributed by atoms with Crippen molar-refractivity contribution in [3.8, 4) is 0 Å². The van der Waals surface area contributed by atoms with E-state index in [9.17, 15) is 4.79 Å². The van der Waals surface area contributed by atoms with Gasteiger partial charge in [-0.3, -0.25) is 4.79 Å². The number of nitrogens with one attached hydrogen (secondary N) is 1. The van der Waals surface area contributed by atoms with Crippen LogP contribution in [0.3, 0.4) is 0 Å². The Kier molecular flexibility index (Phi) is 5.50. The summed E-state index contributed by atoms with van der Waals surface area (Å²) in [4.78, 5) is 23.2. The van der Waals surface area contributed by atoms with E-state index in [1.54, 1.807) is 17.3 Å². The minimum atomic E-state index is -0.110. The van der Waals surface area contributed by atoms with Crippen LogP contribution in [0.4, 0.5) is 17.3 Å². The third-order valence-electron chi connectivity index (χ3n) is 4.54. The predicted molar refractivity (Wildman–Crippen MR) is 110 cm³/mol. The molecule has 2 aromatic carbocycles. The Hall–Kier alpha value is -3.21. The lowest BCUT2D eigenvalue weighted by molar-refractivity contribution is 0.0987. The minimum absolute atomic E-state index is 0.110. The third kappa shape index (κ3) is 4.31. The standard InChI is InChI=1S/C22H24N4O/c1-5-26(20-8-6-7-15(2)11-20)21(27)18-13-23-22(24-14-18)25-19-10-9-16(3)17(4)12-19/h6-14H,5H2,1-4H3,(H,23,24,25). The molecule has 0 fully saturated rings. The van der Waals surface area contributed by atoms with Crippen LogP contribution in [0.25, 0.3) is 0 Å². The molecule has 1 aromatic heterocycles. The number of hydrogen-bond acceptors (Lipinski definition) is 4. The lowest BCUT2D eigenvalue weighted by Crippen LogP contribution is -2.30. The summed E-state index contributed by atoms with van der Waals surface area (Å²) in [5.41, 5.74) is 5.81. The van der Waals surface area contributed by atoms with E-state index in [1.165, 1.54) is 11.1 Å². The smallest absolute Gasteiger partial charge is 0.261 e. The summed E-state index contributed by atoms with van der Waals surface area (Å²) in [6.07, 6.45) is 3.13. The average molecular weight is 360 g/mol. The number of aryl methyl sites for hydroxylation is 3. The molecule has 27 heavy (non-hydrogen) atoms. The van der Waals surface area contributed by atoms with E-state index >= 15 is 0 Å². The van der Waals surface area contributed by atoms with Crippen molar-refractivity contribution in [1.82, 2.24) is 9.97 Å². The van der Waals surface area contributed by atoms with Gasteiger partial charge in [-0.15, -0.1) is 0 Å². The monoisotopic (exact) mass is 360 g/mol. The number of hydrogen-bond donors (Lipinski definition) is 1. The number of carbonyl (C=O) groups is 1. The Balaban J connectivity index is 1.77. The van der Waals surface area contributed by atoms with Crippen LogP contribution in [-0.2, 0) is 0 Å². The Labute approximate surface area is 160 Å². The molecule has 0 aliphatic carbocycles. The number of amides is 1. The van der Waals surface area contributed by atoms with Crippen LogP contribution in [0.1, 0.15) is 34.0 Å². The summed E-state index contributed by atoms with van der Waals surface area (Å²) in [6.45, 7) is 8.68. The SMILES string of the molecule is CCN(C(=O)c1cnc(Nc2ccc(C)c(C)c2)nc1)c1cccc(C)c1. The van der Waals surface area contributed by atoms with E-state index in [0.717, 1.165) is 16.9 Å². The second-order valence-electron chi connectivity index (χ2n) is 6.61. The van der Waals surface area contributed by atoms with Crippen molar-refractivity contribution in [1.29, 1.82) is 0 Å². The Morgan fingerprint density at radius 1 is 1.00 bits per heavy atom. The number of benzene rings is 2. The summed E-state index contributed by atoms with van der Waals surface area (Å²) in [5, 5.41) is 3.17. The second-order valence-corrected chi connectivity index (χ2v) is 6.61. The van der Waals surface area contributed by atoms with E-state index in [0.29, 0.717) is 18.1 Å². The molecule has 0 saturated heterocycles. The van der Waals surface area contributed by atoms with E-state index in [1.807, 2.05) is 50.2 Å². The summed E-state index contributed by atoms with van der Waals surface area (Å²) in [6, 6.07) is 14.0. The van der Waals surface area contributed by atoms with Crippen LogP contribution in [-0.4, -0.2) is 22.4 Å². The number of rotatable bonds is 5. The predicted octanol–water partition coefficient (Wildman–Crippen LogP) is 4.81. The summed E-state index contributed by atoms with van der Waals surface area (Å²) in [7, 11) is 0. The molecule has 1 N–H and O–H groups in total. The molecule has 3 aromatic rings. The van der Waals surface area contributed by atoms with Gasteiger partial charge in [-0.1, -0.05) is 18.2 Å². The maximum Gasteiger partial charge on any atom is 0.261 e. The van der Waals surface area contributed by atoms with E-state index in [2.05, 4.69) is 35.2 Å². The number of anilines is 3. The first-order valence-corrected chi connectivity index (χ1v) is 9.03. The summed E-state index contributed by atoms with van der Waals surface area (Å²) >= 11 is 0. The van der Waals surface area contributed by atoms with Gasteiger partial charge in [0.15, 0.2) is 0 Å². The van der Waals surface area contributed by atoms with Gasteiger partial charge in [0.25, 0.3) is 5.91 Å². The van der Waals surface area contributed by atoms with Crippen molar-refractivity contribution in [3.63, 3.8) is 0 Å². The first kappa shape index (κ1) is 18.6. The molecule has 0 bridgehead atoms. The Morgan fingerprint density at radius 3 is 2.37 bits per heavy atom. The maximum absolute atomic E-state index is 12.9. The normalized spacial score (nSPS) is 10.5. The zero-order valence-electron chi connectivity index (χ0n) is 16.2. The molecule has 0 aliphatic heterocycles. The lowest BCUT2D eigenvalue weighted by atomic mass is 10.1. The molecule has 0 atom stereocenters. The van der Waals surface area contributed by atoms with Crippen LogP contribution in [0, 0.1) is 20.8 Å². The van der Waals surface area contributed by atoms with Crippen molar-refractivity contribution in [2.45, 2.75) is 27.7 Å². The highest BCUT2D eigenvalue weighted by Gasteiger charge is 2.17. The maximum atomic E-state index is 12.9. The number of nitrogens with zero attached hydrogens (tertiary/aromatic N) is 3. The first-order chi connectivity index (χ1) is 13.0. The topological polar surface area (TPSA) is 58.1 Å². The molecule has 5 nitrogen and oxygen atoms in total. The van der Waals surface area contributed by atoms with Crippen LogP contribution in [0.15, 0.2) is 54.9 Å². The fourth-order valence-corrected chi connectivity index (χ4v) is 2.85. The van der Waals surface area contributed by atoms with Gasteiger partial charge < -0.3 is 10.2 Å². The molecule has 0 radical (unpaired) electrons. The van der Waals surface area contributed by atoms with Crippen molar-refractivity contribution in [2.75, 3.05) is 16.8 Å². The molecule has 138 valence electrons. The van der Waals surface area contributed by atoms with Crippen molar-refractivity contribution in [3.05, 3.63) is 77.1 Å². The minimum Gasteiger partial charge on any atom is -0.324 e. The number of carbonyl (C=O) groups excluding carboxylic acids is 1. The van der Waals surface area contributed by atoms with Crippen LogP contribution in [0.2, 0.25) is 0 Å². The van der Waals surface area contributed by atoms with Crippen LogP contribution in [0.5, 0.6) is 0 Å². The van der Waals surface area contributed by atoms with Gasteiger partial charge >= 0.3 is 0 Å². The Bertz CT molecular complexity index is 951. The van der Waals surface area contributed by atoms with E-state index in [-0.39, 0.29) is 5.91 Å². The van der Waals surface area contributed by atoms with Gasteiger partial charge in [-0.25, -0.2) is 9.97 Å². The van der Waals surface area contributed by atoms with Gasteiger partial charge in [0.05, 0.1) is 5.56 Å². The molecule has 5 heteroatoms. The molecule has 1 heterocycles. The van der Waals surface area contributed by atoms with Gasteiger partial charge in [0.1, 0.15) is 0 Å². The third-order valence-corrected chi connectivity index (χ3v) is 4.54. The fourth-order valence-electron chi connectivity index (χ4n) is 2.85. The largest absolute Gasteiger partial charge is 0.324 e. The van der Waals surface area contributed by atoms with Crippen molar-refractivity contribution < 1.29 is 4.79 Å². The van der Waals surface area contributed by atoms with Gasteiger partial charge in [0.2, 0.25) is 5.95 Å². The number of aromatic nitrogens is 2. The molecule has 0 aliphatic rings. The summed E-state index contributed by atoms with van der Waals surface area (Å²) < 4.78 is 0. The van der Waals surface area contributed by atoms with Crippen LogP contribution >= 0.6 is 0 Å². The average Bonchev–Trinajstić information content (AvgIpc) is 2.66. The molecule has 0 unspecified atom stereocenters. The highest BCUT2D eigenvalue weighted by molar-refractivity contribution is 6.05. The zero-order valence-corrected chi connectivity index (χ0v) is 16.2. The highest BCUT2D eigenvalue weighted by Crippen LogP contribution is 2.20. The van der Waals surface area contributed by atoms with E-state index in [4.69, 9.17) is 0 Å². The van der Waals surface area contributed by atoms with Gasteiger partial charge in [-0.05, 0) is 68.7 Å². The van der Waals surface area contributed by atoms with Crippen molar-refractivity contribution >= 4 is 23.2 Å². The van der Waals surface area contributed by atoms with Crippen molar-refractivity contribution in [2.24, 2.45) is 0 Å². The van der Waals surface area contributed by atoms with E-state index < -0.39 is 0 Å². The summed E-state index contributed by atoms with van der Waals surface area (Å²) in [5.74, 6) is 0.356. The molecule has 1 amide bonds. The van der Waals surface area contributed by atoms with Crippen LogP contribution < -0.4 is 10.2 Å². The molecule has 0 spiro atoms. The highest BCUT2D eigenvalue weighted by atomic mass is 16.2. The molecule has 0 saturated carbocycles. The quantitative estimate of drug-likeness (QED) is 0.709. The van der Waals surface area contributed by atoms with Gasteiger partial charge in [0, 0.05) is 30.3 Å². The second kappa shape index (κ2) is 7.99. The Morgan fingerprint density at radius 2 is 1.74 bits per heavy atom. The molecular weight excluding hydrogens is 336 g/mol. The lowest BCUT2D eigenvalue weighted by Gasteiger charge is -2.21. The van der Waals surface area contributed by atoms with Gasteiger partial charge in [-0.2, -0.15) is 0 Å². The fraction of sp³-hybridized carbons (Fsp3) is 0.227. The molecule has 3 rings (SSSR count).